The first-order chi connectivity index (χ1) is 12.6. The van der Waals surface area contributed by atoms with E-state index in [1.54, 1.807) is 17.3 Å². The summed E-state index contributed by atoms with van der Waals surface area (Å²) < 4.78 is 10.3. The molecule has 0 saturated heterocycles. The molecular formula is C20H24N2O4. The normalized spacial score (nSPS) is 10.2. The number of nitrogens with zero attached hydrogens (tertiary/aromatic N) is 2. The zero-order valence-corrected chi connectivity index (χ0v) is 15.2. The molecule has 0 aliphatic rings. The summed E-state index contributed by atoms with van der Waals surface area (Å²) in [6.45, 7) is 2.62. The monoisotopic (exact) mass is 356 g/mol. The highest BCUT2D eigenvalue weighted by Gasteiger charge is 2.16. The fourth-order valence-corrected chi connectivity index (χ4v) is 2.39. The maximum absolute atomic E-state index is 12.6. The molecule has 0 unspecified atom stereocenters. The van der Waals surface area contributed by atoms with Gasteiger partial charge in [0, 0.05) is 25.5 Å². The summed E-state index contributed by atoms with van der Waals surface area (Å²) in [5.74, 6) is 0.0900. The summed E-state index contributed by atoms with van der Waals surface area (Å²) in [5, 5.41) is 0. The second kappa shape index (κ2) is 10.2. The molecule has 1 aromatic heterocycles. The minimum absolute atomic E-state index is 0.0904. The van der Waals surface area contributed by atoms with E-state index in [4.69, 9.17) is 4.74 Å². The van der Waals surface area contributed by atoms with Crippen LogP contribution in [0.15, 0.2) is 48.8 Å². The first kappa shape index (κ1) is 19.4. The third kappa shape index (κ3) is 6.20. The smallest absolute Gasteiger partial charge is 0.307 e. The number of benzene rings is 1. The molecule has 1 amide bonds. The summed E-state index contributed by atoms with van der Waals surface area (Å²) >= 11 is 0. The Morgan fingerprint density at radius 1 is 1.12 bits per heavy atom. The van der Waals surface area contributed by atoms with Crippen molar-refractivity contribution in [2.24, 2.45) is 0 Å². The highest BCUT2D eigenvalue weighted by molar-refractivity contribution is 5.78. The van der Waals surface area contributed by atoms with Gasteiger partial charge >= 0.3 is 5.97 Å². The Balaban J connectivity index is 1.97. The van der Waals surface area contributed by atoms with E-state index in [9.17, 15) is 9.59 Å². The van der Waals surface area contributed by atoms with E-state index in [1.807, 2.05) is 36.4 Å². The standard InChI is InChI=1S/C20H24N2O4/c1-3-16-6-8-18(9-7-16)26-15-19(23)22(12-10-20(24)25-2)14-17-5-4-11-21-13-17/h4-9,11,13H,3,10,12,14-15H2,1-2H3. The molecular weight excluding hydrogens is 332 g/mol. The Morgan fingerprint density at radius 2 is 1.88 bits per heavy atom. The molecule has 0 bridgehead atoms. The van der Waals surface area contributed by atoms with E-state index in [0.29, 0.717) is 12.3 Å². The van der Waals surface area contributed by atoms with Crippen molar-refractivity contribution >= 4 is 11.9 Å². The lowest BCUT2D eigenvalue weighted by molar-refractivity contribution is -0.142. The van der Waals surface area contributed by atoms with Crippen molar-refractivity contribution in [1.29, 1.82) is 0 Å². The molecule has 2 aromatic rings. The van der Waals surface area contributed by atoms with E-state index in [1.165, 1.54) is 12.7 Å². The second-order valence-electron chi connectivity index (χ2n) is 5.79. The molecule has 0 atom stereocenters. The number of rotatable bonds is 9. The molecule has 0 saturated carbocycles. The maximum atomic E-state index is 12.6. The van der Waals surface area contributed by atoms with Crippen LogP contribution in [-0.2, 0) is 27.3 Å². The molecule has 0 spiro atoms. The maximum Gasteiger partial charge on any atom is 0.307 e. The van der Waals surface area contributed by atoms with Crippen LogP contribution in [0.4, 0.5) is 0 Å². The SMILES string of the molecule is CCc1ccc(OCC(=O)N(CCC(=O)OC)Cc2cccnc2)cc1. The lowest BCUT2D eigenvalue weighted by Crippen LogP contribution is -2.36. The van der Waals surface area contributed by atoms with Crippen molar-refractivity contribution in [3.8, 4) is 5.75 Å². The fraction of sp³-hybridized carbons (Fsp3) is 0.350. The van der Waals surface area contributed by atoms with Gasteiger partial charge in [-0.3, -0.25) is 14.6 Å². The van der Waals surface area contributed by atoms with Crippen LogP contribution >= 0.6 is 0 Å². The van der Waals surface area contributed by atoms with Gasteiger partial charge in [0.15, 0.2) is 6.61 Å². The summed E-state index contributed by atoms with van der Waals surface area (Å²) in [6.07, 6.45) is 4.45. The minimum Gasteiger partial charge on any atom is -0.484 e. The van der Waals surface area contributed by atoms with Gasteiger partial charge in [-0.2, -0.15) is 0 Å². The van der Waals surface area contributed by atoms with Crippen molar-refractivity contribution in [1.82, 2.24) is 9.88 Å². The number of aromatic nitrogens is 1. The second-order valence-corrected chi connectivity index (χ2v) is 5.79. The van der Waals surface area contributed by atoms with Gasteiger partial charge in [0.1, 0.15) is 5.75 Å². The van der Waals surface area contributed by atoms with Crippen LogP contribution in [0, 0.1) is 0 Å². The number of pyridine rings is 1. The van der Waals surface area contributed by atoms with Gasteiger partial charge in [-0.25, -0.2) is 0 Å². The number of ether oxygens (including phenoxy) is 2. The van der Waals surface area contributed by atoms with Crippen LogP contribution in [0.2, 0.25) is 0 Å². The zero-order chi connectivity index (χ0) is 18.8. The first-order valence-corrected chi connectivity index (χ1v) is 8.57. The molecule has 0 aliphatic carbocycles. The van der Waals surface area contributed by atoms with Crippen molar-refractivity contribution in [3.05, 3.63) is 59.9 Å². The molecule has 1 aromatic carbocycles. The zero-order valence-electron chi connectivity index (χ0n) is 15.2. The Bertz CT molecular complexity index is 702. The van der Waals surface area contributed by atoms with Crippen molar-refractivity contribution < 1.29 is 19.1 Å². The van der Waals surface area contributed by atoms with Crippen LogP contribution in [0.3, 0.4) is 0 Å². The highest BCUT2D eigenvalue weighted by Crippen LogP contribution is 2.13. The van der Waals surface area contributed by atoms with E-state index >= 15 is 0 Å². The third-order valence-corrected chi connectivity index (χ3v) is 3.96. The van der Waals surface area contributed by atoms with Gasteiger partial charge < -0.3 is 14.4 Å². The van der Waals surface area contributed by atoms with Gasteiger partial charge in [-0.1, -0.05) is 25.1 Å². The number of carbonyl (C=O) groups excluding carboxylic acids is 2. The predicted octanol–water partition coefficient (Wildman–Crippen LogP) is 2.61. The van der Waals surface area contributed by atoms with E-state index in [0.717, 1.165) is 12.0 Å². The molecule has 26 heavy (non-hydrogen) atoms. The van der Waals surface area contributed by atoms with Crippen LogP contribution in [0.5, 0.6) is 5.75 Å². The van der Waals surface area contributed by atoms with Gasteiger partial charge in [-0.15, -0.1) is 0 Å². The molecule has 0 aliphatic heterocycles. The largest absolute Gasteiger partial charge is 0.484 e. The molecule has 2 rings (SSSR count). The Labute approximate surface area is 153 Å². The first-order valence-electron chi connectivity index (χ1n) is 8.57. The molecule has 0 N–H and O–H groups in total. The number of hydrogen-bond donors (Lipinski definition) is 0. The average Bonchev–Trinajstić information content (AvgIpc) is 2.70. The molecule has 6 nitrogen and oxygen atoms in total. The van der Waals surface area contributed by atoms with Crippen LogP contribution in [-0.4, -0.2) is 42.0 Å². The number of esters is 1. The lowest BCUT2D eigenvalue weighted by Gasteiger charge is -2.22. The van der Waals surface area contributed by atoms with E-state index < -0.39 is 0 Å². The number of amides is 1. The van der Waals surface area contributed by atoms with Crippen molar-refractivity contribution in [2.75, 3.05) is 20.3 Å². The third-order valence-electron chi connectivity index (χ3n) is 3.96. The van der Waals surface area contributed by atoms with Crippen LogP contribution in [0.1, 0.15) is 24.5 Å². The molecule has 0 radical (unpaired) electrons. The summed E-state index contributed by atoms with van der Waals surface area (Å²) in [6, 6.07) is 11.4. The molecule has 138 valence electrons. The number of carbonyl (C=O) groups is 2. The number of methoxy groups -OCH3 is 1. The van der Waals surface area contributed by atoms with Gasteiger partial charge in [0.25, 0.3) is 5.91 Å². The van der Waals surface area contributed by atoms with E-state index in [2.05, 4.69) is 16.6 Å². The average molecular weight is 356 g/mol. The predicted molar refractivity (Wildman–Crippen MR) is 97.6 cm³/mol. The quantitative estimate of drug-likeness (QED) is 0.646. The minimum atomic E-state index is -0.356. The Morgan fingerprint density at radius 3 is 2.50 bits per heavy atom. The van der Waals surface area contributed by atoms with Gasteiger partial charge in [0.05, 0.1) is 13.5 Å². The Kier molecular flexibility index (Phi) is 7.61. The highest BCUT2D eigenvalue weighted by atomic mass is 16.5. The van der Waals surface area contributed by atoms with Gasteiger partial charge in [-0.05, 0) is 35.7 Å². The number of aryl methyl sites for hydroxylation is 1. The van der Waals surface area contributed by atoms with Crippen LogP contribution < -0.4 is 4.74 Å². The topological polar surface area (TPSA) is 68.7 Å². The van der Waals surface area contributed by atoms with E-state index in [-0.39, 0.29) is 31.4 Å². The van der Waals surface area contributed by atoms with Crippen molar-refractivity contribution in [3.63, 3.8) is 0 Å². The molecule has 1 heterocycles. The number of hydrogen-bond acceptors (Lipinski definition) is 5. The summed E-state index contributed by atoms with van der Waals surface area (Å²) in [4.78, 5) is 29.6. The van der Waals surface area contributed by atoms with Crippen LogP contribution in [0.25, 0.3) is 0 Å². The Hall–Kier alpha value is -2.89. The fourth-order valence-electron chi connectivity index (χ4n) is 2.39. The van der Waals surface area contributed by atoms with Crippen molar-refractivity contribution in [2.45, 2.75) is 26.3 Å². The summed E-state index contributed by atoms with van der Waals surface area (Å²) in [7, 11) is 1.33. The molecule has 0 fully saturated rings. The lowest BCUT2D eigenvalue weighted by atomic mass is 10.2. The summed E-state index contributed by atoms with van der Waals surface area (Å²) in [5.41, 5.74) is 2.10. The molecule has 6 heteroatoms. The van der Waals surface area contributed by atoms with Gasteiger partial charge in [0.2, 0.25) is 0 Å².